The predicted molar refractivity (Wildman–Crippen MR) is 88.2 cm³/mol. The monoisotopic (exact) mass is 329 g/mol. The Labute approximate surface area is 141 Å². The number of nitrogens with one attached hydrogen (secondary N) is 1. The summed E-state index contributed by atoms with van der Waals surface area (Å²) in [4.78, 5) is 20.0. The van der Waals surface area contributed by atoms with Gasteiger partial charge in [0, 0.05) is 25.2 Å². The van der Waals surface area contributed by atoms with E-state index in [0.29, 0.717) is 25.4 Å². The molecule has 0 atom stereocenters. The first-order valence-corrected chi connectivity index (χ1v) is 8.50. The average molecular weight is 329 g/mol. The summed E-state index contributed by atoms with van der Waals surface area (Å²) < 4.78 is 7.60. The topological polar surface area (TPSA) is 81.9 Å². The molecule has 24 heavy (non-hydrogen) atoms. The van der Waals surface area contributed by atoms with E-state index < -0.39 is 0 Å². The van der Waals surface area contributed by atoms with Crippen molar-refractivity contribution in [1.29, 1.82) is 0 Å². The highest BCUT2D eigenvalue weighted by Crippen LogP contribution is 2.22. The van der Waals surface area contributed by atoms with Crippen molar-refractivity contribution in [2.24, 2.45) is 0 Å². The number of ether oxygens (including phenoxy) is 1. The fourth-order valence-electron chi connectivity index (χ4n) is 2.83. The summed E-state index contributed by atoms with van der Waals surface area (Å²) in [5.74, 6) is 0.633. The molecule has 0 bridgehead atoms. The maximum Gasteiger partial charge on any atom is 0.222 e. The number of pyridine rings is 1. The summed E-state index contributed by atoms with van der Waals surface area (Å²) >= 11 is 0. The van der Waals surface area contributed by atoms with Gasteiger partial charge in [-0.05, 0) is 37.3 Å². The molecular weight excluding hydrogens is 306 g/mol. The Morgan fingerprint density at radius 2 is 2.21 bits per heavy atom. The van der Waals surface area contributed by atoms with Crippen LogP contribution in [0.4, 0.5) is 0 Å². The predicted octanol–water partition coefficient (Wildman–Crippen LogP) is 2.09. The second-order valence-corrected chi connectivity index (χ2v) is 6.07. The van der Waals surface area contributed by atoms with Crippen LogP contribution in [0.1, 0.15) is 44.1 Å². The van der Waals surface area contributed by atoms with Gasteiger partial charge in [-0.25, -0.2) is 9.97 Å². The standard InChI is InChI=1S/C17H23N5O2/c23-16(7-9-22-13-18-12-21-22)20-11-14-6-8-19-17(10-14)24-15-4-2-1-3-5-15/h6,8,10,12-13,15H,1-5,7,9,11H2,(H,20,23). The molecule has 0 spiro atoms. The SMILES string of the molecule is O=C(CCn1cncn1)NCc1ccnc(OC2CCCCC2)c1. The van der Waals surface area contributed by atoms with Crippen LogP contribution >= 0.6 is 0 Å². The van der Waals surface area contributed by atoms with E-state index in [-0.39, 0.29) is 12.0 Å². The molecule has 1 N–H and O–H groups in total. The van der Waals surface area contributed by atoms with E-state index in [1.807, 2.05) is 12.1 Å². The number of hydrogen-bond donors (Lipinski definition) is 1. The van der Waals surface area contributed by atoms with E-state index in [1.165, 1.54) is 25.6 Å². The van der Waals surface area contributed by atoms with E-state index in [1.54, 1.807) is 17.2 Å². The lowest BCUT2D eigenvalue weighted by Gasteiger charge is -2.22. The van der Waals surface area contributed by atoms with Crippen molar-refractivity contribution in [3.63, 3.8) is 0 Å². The summed E-state index contributed by atoms with van der Waals surface area (Å²) in [7, 11) is 0. The third kappa shape index (κ3) is 5.04. The quantitative estimate of drug-likeness (QED) is 0.841. The van der Waals surface area contributed by atoms with Crippen molar-refractivity contribution in [2.45, 2.75) is 57.7 Å². The Hall–Kier alpha value is -2.44. The summed E-state index contributed by atoms with van der Waals surface area (Å²) in [6, 6.07) is 3.80. The molecule has 2 aromatic rings. The summed E-state index contributed by atoms with van der Waals surface area (Å²) in [6.45, 7) is 0.998. The minimum absolute atomic E-state index is 0.0166. The number of rotatable bonds is 7. The van der Waals surface area contributed by atoms with Crippen LogP contribution in [0, 0.1) is 0 Å². The van der Waals surface area contributed by atoms with Gasteiger partial charge in [-0.15, -0.1) is 0 Å². The molecule has 2 heterocycles. The van der Waals surface area contributed by atoms with Crippen LogP contribution in [0.15, 0.2) is 31.0 Å². The molecular formula is C17H23N5O2. The lowest BCUT2D eigenvalue weighted by Crippen LogP contribution is -2.24. The number of carbonyl (C=O) groups is 1. The molecule has 0 saturated heterocycles. The highest BCUT2D eigenvalue weighted by Gasteiger charge is 2.15. The van der Waals surface area contributed by atoms with Gasteiger partial charge in [0.2, 0.25) is 11.8 Å². The van der Waals surface area contributed by atoms with Crippen LogP contribution in [0.3, 0.4) is 0 Å². The molecule has 7 heteroatoms. The zero-order valence-electron chi connectivity index (χ0n) is 13.7. The van der Waals surface area contributed by atoms with Crippen LogP contribution in [0.25, 0.3) is 0 Å². The Morgan fingerprint density at radius 3 is 3.00 bits per heavy atom. The first kappa shape index (κ1) is 16.4. The second-order valence-electron chi connectivity index (χ2n) is 6.07. The van der Waals surface area contributed by atoms with Gasteiger partial charge < -0.3 is 10.1 Å². The Bertz CT molecular complexity index is 638. The van der Waals surface area contributed by atoms with Gasteiger partial charge >= 0.3 is 0 Å². The van der Waals surface area contributed by atoms with E-state index in [4.69, 9.17) is 4.74 Å². The summed E-state index contributed by atoms with van der Waals surface area (Å²) in [6.07, 6.45) is 11.4. The van der Waals surface area contributed by atoms with Crippen molar-refractivity contribution in [3.05, 3.63) is 36.5 Å². The van der Waals surface area contributed by atoms with Crippen LogP contribution in [-0.4, -0.2) is 31.8 Å². The first-order valence-electron chi connectivity index (χ1n) is 8.50. The summed E-state index contributed by atoms with van der Waals surface area (Å²) in [5, 5.41) is 6.88. The molecule has 1 aliphatic rings. The van der Waals surface area contributed by atoms with Crippen LogP contribution in [0.5, 0.6) is 5.88 Å². The fraction of sp³-hybridized carbons (Fsp3) is 0.529. The fourth-order valence-corrected chi connectivity index (χ4v) is 2.83. The third-order valence-electron chi connectivity index (χ3n) is 4.16. The highest BCUT2D eigenvalue weighted by atomic mass is 16.5. The van der Waals surface area contributed by atoms with Crippen molar-refractivity contribution >= 4 is 5.91 Å². The Balaban J connectivity index is 1.44. The van der Waals surface area contributed by atoms with Gasteiger partial charge in [-0.2, -0.15) is 5.10 Å². The van der Waals surface area contributed by atoms with Crippen molar-refractivity contribution in [1.82, 2.24) is 25.1 Å². The molecule has 0 aliphatic heterocycles. The molecule has 2 aromatic heterocycles. The molecule has 7 nitrogen and oxygen atoms in total. The Morgan fingerprint density at radius 1 is 1.33 bits per heavy atom. The average Bonchev–Trinajstić information content (AvgIpc) is 3.13. The largest absolute Gasteiger partial charge is 0.474 e. The number of carbonyl (C=O) groups excluding carboxylic acids is 1. The third-order valence-corrected chi connectivity index (χ3v) is 4.16. The zero-order valence-corrected chi connectivity index (χ0v) is 13.7. The minimum Gasteiger partial charge on any atom is -0.474 e. The molecule has 1 fully saturated rings. The van der Waals surface area contributed by atoms with Crippen molar-refractivity contribution in [2.75, 3.05) is 0 Å². The number of aryl methyl sites for hydroxylation is 1. The van der Waals surface area contributed by atoms with E-state index in [2.05, 4.69) is 20.4 Å². The number of aromatic nitrogens is 4. The van der Waals surface area contributed by atoms with Crippen LogP contribution < -0.4 is 10.1 Å². The van der Waals surface area contributed by atoms with Gasteiger partial charge in [0.25, 0.3) is 0 Å². The van der Waals surface area contributed by atoms with E-state index in [0.717, 1.165) is 18.4 Å². The van der Waals surface area contributed by atoms with Crippen LogP contribution in [0.2, 0.25) is 0 Å². The maximum atomic E-state index is 11.9. The van der Waals surface area contributed by atoms with E-state index in [9.17, 15) is 4.79 Å². The highest BCUT2D eigenvalue weighted by molar-refractivity contribution is 5.75. The number of nitrogens with zero attached hydrogens (tertiary/aromatic N) is 4. The van der Waals surface area contributed by atoms with Crippen LogP contribution in [-0.2, 0) is 17.9 Å². The molecule has 1 amide bonds. The van der Waals surface area contributed by atoms with Crippen molar-refractivity contribution < 1.29 is 9.53 Å². The molecule has 128 valence electrons. The van der Waals surface area contributed by atoms with Gasteiger partial charge in [0.05, 0.1) is 6.54 Å². The Kier molecular flexibility index (Phi) is 5.76. The summed E-state index contributed by atoms with van der Waals surface area (Å²) in [5.41, 5.74) is 0.991. The maximum absolute atomic E-state index is 11.9. The molecule has 3 rings (SSSR count). The molecule has 0 aromatic carbocycles. The first-order chi connectivity index (χ1) is 11.8. The van der Waals surface area contributed by atoms with Gasteiger partial charge in [-0.3, -0.25) is 9.48 Å². The number of hydrogen-bond acceptors (Lipinski definition) is 5. The smallest absolute Gasteiger partial charge is 0.222 e. The van der Waals surface area contributed by atoms with Gasteiger partial charge in [0.15, 0.2) is 0 Å². The normalized spacial score (nSPS) is 15.2. The van der Waals surface area contributed by atoms with E-state index >= 15 is 0 Å². The van der Waals surface area contributed by atoms with Gasteiger partial charge in [0.1, 0.15) is 18.8 Å². The minimum atomic E-state index is -0.0166. The van der Waals surface area contributed by atoms with Crippen molar-refractivity contribution in [3.8, 4) is 5.88 Å². The number of amides is 1. The molecule has 1 saturated carbocycles. The second kappa shape index (κ2) is 8.42. The molecule has 0 radical (unpaired) electrons. The molecule has 0 unspecified atom stereocenters. The molecule has 1 aliphatic carbocycles. The lowest BCUT2D eigenvalue weighted by atomic mass is 9.98. The zero-order chi connectivity index (χ0) is 16.6. The lowest BCUT2D eigenvalue weighted by molar-refractivity contribution is -0.121. The van der Waals surface area contributed by atoms with Gasteiger partial charge in [-0.1, -0.05) is 6.42 Å².